The van der Waals surface area contributed by atoms with E-state index in [1.54, 1.807) is 0 Å². The molecule has 1 aromatic carbocycles. The minimum Gasteiger partial charge on any atom is -0.358 e. The zero-order valence-corrected chi connectivity index (χ0v) is 13.2. The van der Waals surface area contributed by atoms with Crippen molar-refractivity contribution >= 4 is 16.8 Å². The Bertz CT molecular complexity index is 679. The molecule has 1 aliphatic rings. The highest BCUT2D eigenvalue weighted by Crippen LogP contribution is 2.24. The molecule has 3 rings (SSSR count). The van der Waals surface area contributed by atoms with Crippen molar-refractivity contribution in [3.8, 4) is 0 Å². The highest BCUT2D eigenvalue weighted by molar-refractivity contribution is 5.99. The SMILES string of the molecule is Cc1[nH]c2ccc(C(=O)N3C(C)CNCC3C)cc2c1C. The third-order valence-corrected chi connectivity index (χ3v) is 4.62. The number of carbonyl (C=O) groups excluding carboxylic acids is 1. The van der Waals surface area contributed by atoms with Gasteiger partial charge in [-0.15, -0.1) is 0 Å². The predicted molar refractivity (Wildman–Crippen MR) is 85.7 cm³/mol. The normalized spacial score (nSPS) is 22.8. The minimum absolute atomic E-state index is 0.136. The Morgan fingerprint density at radius 1 is 1.19 bits per heavy atom. The van der Waals surface area contributed by atoms with E-state index in [1.165, 1.54) is 11.3 Å². The first-order valence-electron chi connectivity index (χ1n) is 7.61. The lowest BCUT2D eigenvalue weighted by Gasteiger charge is -2.39. The Morgan fingerprint density at radius 2 is 1.86 bits per heavy atom. The van der Waals surface area contributed by atoms with Crippen LogP contribution in [0, 0.1) is 13.8 Å². The van der Waals surface area contributed by atoms with Crippen molar-refractivity contribution in [3.63, 3.8) is 0 Å². The topological polar surface area (TPSA) is 48.1 Å². The van der Waals surface area contributed by atoms with Crippen molar-refractivity contribution in [2.75, 3.05) is 13.1 Å². The molecule has 2 N–H and O–H groups in total. The summed E-state index contributed by atoms with van der Waals surface area (Å²) in [6, 6.07) is 6.43. The lowest BCUT2D eigenvalue weighted by Crippen LogP contribution is -2.57. The van der Waals surface area contributed by atoms with E-state index in [0.29, 0.717) is 0 Å². The number of aromatic nitrogens is 1. The quantitative estimate of drug-likeness (QED) is 0.846. The van der Waals surface area contributed by atoms with Gasteiger partial charge in [0.1, 0.15) is 0 Å². The Morgan fingerprint density at radius 3 is 2.52 bits per heavy atom. The van der Waals surface area contributed by atoms with Gasteiger partial charge in [0, 0.05) is 47.3 Å². The van der Waals surface area contributed by atoms with Crippen molar-refractivity contribution in [2.45, 2.75) is 39.8 Å². The molecule has 0 bridgehead atoms. The summed E-state index contributed by atoms with van der Waals surface area (Å²) >= 11 is 0. The van der Waals surface area contributed by atoms with Gasteiger partial charge in [0.2, 0.25) is 0 Å². The smallest absolute Gasteiger partial charge is 0.254 e. The Balaban J connectivity index is 1.99. The molecule has 1 saturated heterocycles. The van der Waals surface area contributed by atoms with E-state index in [0.717, 1.165) is 29.6 Å². The molecule has 4 nitrogen and oxygen atoms in total. The molecule has 112 valence electrons. The van der Waals surface area contributed by atoms with Gasteiger partial charge in [-0.05, 0) is 51.5 Å². The van der Waals surface area contributed by atoms with Crippen molar-refractivity contribution in [1.82, 2.24) is 15.2 Å². The number of aromatic amines is 1. The highest BCUT2D eigenvalue weighted by atomic mass is 16.2. The van der Waals surface area contributed by atoms with Crippen molar-refractivity contribution in [3.05, 3.63) is 35.0 Å². The zero-order valence-electron chi connectivity index (χ0n) is 13.2. The van der Waals surface area contributed by atoms with Crippen LogP contribution in [0.5, 0.6) is 0 Å². The first-order chi connectivity index (χ1) is 9.99. The van der Waals surface area contributed by atoms with Crippen LogP contribution in [-0.2, 0) is 0 Å². The van der Waals surface area contributed by atoms with Gasteiger partial charge in [0.25, 0.3) is 5.91 Å². The van der Waals surface area contributed by atoms with Gasteiger partial charge in [-0.25, -0.2) is 0 Å². The fourth-order valence-corrected chi connectivity index (χ4v) is 3.28. The second-order valence-electron chi connectivity index (χ2n) is 6.20. The second kappa shape index (κ2) is 5.19. The number of nitrogens with one attached hydrogen (secondary N) is 2. The molecule has 1 amide bonds. The van der Waals surface area contributed by atoms with Crippen LogP contribution in [0.4, 0.5) is 0 Å². The van der Waals surface area contributed by atoms with E-state index in [-0.39, 0.29) is 18.0 Å². The Labute approximate surface area is 125 Å². The maximum Gasteiger partial charge on any atom is 0.254 e. The van der Waals surface area contributed by atoms with Crippen LogP contribution in [0.2, 0.25) is 0 Å². The van der Waals surface area contributed by atoms with Gasteiger partial charge in [-0.2, -0.15) is 0 Å². The van der Waals surface area contributed by atoms with Crippen LogP contribution in [0.15, 0.2) is 18.2 Å². The maximum atomic E-state index is 12.9. The maximum absolute atomic E-state index is 12.9. The van der Waals surface area contributed by atoms with E-state index in [1.807, 2.05) is 23.1 Å². The summed E-state index contributed by atoms with van der Waals surface area (Å²) in [6.07, 6.45) is 0. The van der Waals surface area contributed by atoms with Crippen LogP contribution in [0.1, 0.15) is 35.5 Å². The number of hydrogen-bond acceptors (Lipinski definition) is 2. The molecule has 0 radical (unpaired) electrons. The number of piperazine rings is 1. The third-order valence-electron chi connectivity index (χ3n) is 4.62. The van der Waals surface area contributed by atoms with Gasteiger partial charge < -0.3 is 15.2 Å². The lowest BCUT2D eigenvalue weighted by molar-refractivity contribution is 0.0544. The fraction of sp³-hybridized carbons (Fsp3) is 0.471. The van der Waals surface area contributed by atoms with Crippen molar-refractivity contribution in [2.24, 2.45) is 0 Å². The first-order valence-corrected chi connectivity index (χ1v) is 7.61. The van der Waals surface area contributed by atoms with E-state index >= 15 is 0 Å². The number of nitrogens with zero attached hydrogens (tertiary/aromatic N) is 1. The standard InChI is InChI=1S/C17H23N3O/c1-10-8-18-9-11(2)20(10)17(21)14-5-6-16-15(7-14)12(3)13(4)19-16/h5-7,10-11,18-19H,8-9H2,1-4H3. The number of amides is 1. The van der Waals surface area contributed by atoms with Gasteiger partial charge >= 0.3 is 0 Å². The van der Waals surface area contributed by atoms with Gasteiger partial charge in [0.05, 0.1) is 0 Å². The number of benzene rings is 1. The molecule has 0 saturated carbocycles. The fourth-order valence-electron chi connectivity index (χ4n) is 3.28. The second-order valence-corrected chi connectivity index (χ2v) is 6.20. The lowest BCUT2D eigenvalue weighted by atomic mass is 10.0. The van der Waals surface area contributed by atoms with Crippen molar-refractivity contribution < 1.29 is 4.79 Å². The summed E-state index contributed by atoms with van der Waals surface area (Å²) in [7, 11) is 0. The average Bonchev–Trinajstić information content (AvgIpc) is 2.73. The van der Waals surface area contributed by atoms with E-state index < -0.39 is 0 Å². The minimum atomic E-state index is 0.136. The number of rotatable bonds is 1. The number of carbonyl (C=O) groups is 1. The summed E-state index contributed by atoms with van der Waals surface area (Å²) in [5, 5.41) is 4.51. The van der Waals surface area contributed by atoms with Gasteiger partial charge in [-0.1, -0.05) is 0 Å². The Hall–Kier alpha value is -1.81. The van der Waals surface area contributed by atoms with E-state index in [9.17, 15) is 4.79 Å². The van der Waals surface area contributed by atoms with E-state index in [4.69, 9.17) is 0 Å². The third kappa shape index (κ3) is 2.33. The molecule has 0 spiro atoms. The summed E-state index contributed by atoms with van der Waals surface area (Å²) in [5.41, 5.74) is 4.27. The molecule has 4 heteroatoms. The number of H-pyrrole nitrogens is 1. The molecule has 2 atom stereocenters. The van der Waals surface area contributed by atoms with Crippen LogP contribution in [-0.4, -0.2) is 41.0 Å². The van der Waals surface area contributed by atoms with Gasteiger partial charge in [-0.3, -0.25) is 4.79 Å². The average molecular weight is 285 g/mol. The predicted octanol–water partition coefficient (Wildman–Crippen LogP) is 2.61. The van der Waals surface area contributed by atoms with Crippen LogP contribution < -0.4 is 5.32 Å². The summed E-state index contributed by atoms with van der Waals surface area (Å²) in [4.78, 5) is 18.2. The van der Waals surface area contributed by atoms with Crippen LogP contribution in [0.3, 0.4) is 0 Å². The molecule has 21 heavy (non-hydrogen) atoms. The van der Waals surface area contributed by atoms with Crippen LogP contribution in [0.25, 0.3) is 10.9 Å². The monoisotopic (exact) mass is 285 g/mol. The molecule has 0 aliphatic carbocycles. The molecular formula is C17H23N3O. The molecule has 2 heterocycles. The molecule has 1 aliphatic heterocycles. The Kier molecular flexibility index (Phi) is 3.49. The van der Waals surface area contributed by atoms with Gasteiger partial charge in [0.15, 0.2) is 0 Å². The molecule has 1 aromatic heterocycles. The molecule has 2 unspecified atom stereocenters. The largest absolute Gasteiger partial charge is 0.358 e. The molecular weight excluding hydrogens is 262 g/mol. The zero-order chi connectivity index (χ0) is 15.1. The van der Waals surface area contributed by atoms with E-state index in [2.05, 4.69) is 38.0 Å². The number of hydrogen-bond donors (Lipinski definition) is 2. The molecule has 2 aromatic rings. The number of fused-ring (bicyclic) bond motifs is 1. The summed E-state index contributed by atoms with van der Waals surface area (Å²) in [5.74, 6) is 0.136. The highest BCUT2D eigenvalue weighted by Gasteiger charge is 2.29. The van der Waals surface area contributed by atoms with Crippen LogP contribution >= 0.6 is 0 Å². The number of aryl methyl sites for hydroxylation is 2. The summed E-state index contributed by atoms with van der Waals surface area (Å²) < 4.78 is 0. The first kappa shape index (κ1) is 14.1. The van der Waals surface area contributed by atoms with Crippen molar-refractivity contribution in [1.29, 1.82) is 0 Å². The molecule has 1 fully saturated rings. The summed E-state index contributed by atoms with van der Waals surface area (Å²) in [6.45, 7) is 10.1.